The maximum Gasteiger partial charge on any atom is 0.417 e. The van der Waals surface area contributed by atoms with E-state index in [4.69, 9.17) is 5.73 Å². The van der Waals surface area contributed by atoms with Crippen LogP contribution in [0.25, 0.3) is 0 Å². The Morgan fingerprint density at radius 1 is 1.32 bits per heavy atom. The van der Waals surface area contributed by atoms with E-state index < -0.39 is 11.7 Å². The number of pyridine rings is 1. The Labute approximate surface area is 139 Å². The van der Waals surface area contributed by atoms with Crippen molar-refractivity contribution in [2.24, 2.45) is 5.73 Å². The molecule has 9 heteroatoms. The highest BCUT2D eigenvalue weighted by Gasteiger charge is 2.32. The van der Waals surface area contributed by atoms with Crippen molar-refractivity contribution >= 4 is 30.7 Å². The molecule has 22 heavy (non-hydrogen) atoms. The molecule has 1 aliphatic rings. The Kier molecular flexibility index (Phi) is 8.14. The number of likely N-dealkylation sites (tertiary alicyclic amines) is 1. The van der Waals surface area contributed by atoms with E-state index in [0.717, 1.165) is 31.4 Å². The maximum atomic E-state index is 12.4. The predicted molar refractivity (Wildman–Crippen MR) is 81.5 cm³/mol. The lowest BCUT2D eigenvalue weighted by atomic mass is 10.0. The minimum absolute atomic E-state index is 0. The van der Waals surface area contributed by atoms with Crippen LogP contribution < -0.4 is 5.73 Å². The van der Waals surface area contributed by atoms with Crippen LogP contribution in [-0.2, 0) is 6.18 Å². The van der Waals surface area contributed by atoms with Crippen LogP contribution in [0.5, 0.6) is 0 Å². The van der Waals surface area contributed by atoms with Gasteiger partial charge >= 0.3 is 6.18 Å². The molecule has 1 aromatic heterocycles. The van der Waals surface area contributed by atoms with Crippen molar-refractivity contribution in [3.63, 3.8) is 0 Å². The molecule has 1 atom stereocenters. The number of aromatic nitrogens is 1. The van der Waals surface area contributed by atoms with Crippen LogP contribution in [0.4, 0.5) is 13.2 Å². The third kappa shape index (κ3) is 4.72. The molecule has 1 aromatic rings. The van der Waals surface area contributed by atoms with Crippen molar-refractivity contribution in [1.29, 1.82) is 0 Å². The van der Waals surface area contributed by atoms with Crippen molar-refractivity contribution < 1.29 is 18.0 Å². The van der Waals surface area contributed by atoms with E-state index in [1.54, 1.807) is 4.90 Å². The number of piperidine rings is 1. The third-order valence-electron chi connectivity index (χ3n) is 3.47. The Morgan fingerprint density at radius 2 is 2.00 bits per heavy atom. The first-order chi connectivity index (χ1) is 9.43. The van der Waals surface area contributed by atoms with E-state index in [2.05, 4.69) is 4.98 Å². The number of halogens is 5. The summed E-state index contributed by atoms with van der Waals surface area (Å²) in [6.07, 6.45) is -1.05. The van der Waals surface area contributed by atoms with Crippen LogP contribution >= 0.6 is 24.8 Å². The Hall–Kier alpha value is -1.05. The zero-order chi connectivity index (χ0) is 14.8. The molecule has 1 saturated heterocycles. The van der Waals surface area contributed by atoms with Gasteiger partial charge in [-0.3, -0.25) is 9.78 Å². The fourth-order valence-electron chi connectivity index (χ4n) is 2.35. The summed E-state index contributed by atoms with van der Waals surface area (Å²) in [6.45, 7) is 0.926. The first-order valence-electron chi connectivity index (χ1n) is 6.48. The van der Waals surface area contributed by atoms with Crippen molar-refractivity contribution in [2.75, 3.05) is 13.1 Å². The summed E-state index contributed by atoms with van der Waals surface area (Å²) in [5.74, 6) is -0.353. The minimum atomic E-state index is -4.44. The maximum absolute atomic E-state index is 12.4. The zero-order valence-corrected chi connectivity index (χ0v) is 13.3. The Morgan fingerprint density at radius 3 is 2.50 bits per heavy atom. The van der Waals surface area contributed by atoms with E-state index >= 15 is 0 Å². The van der Waals surface area contributed by atoms with Crippen LogP contribution in [0.3, 0.4) is 0 Å². The van der Waals surface area contributed by atoms with Crippen LogP contribution in [0.15, 0.2) is 18.3 Å². The molecule has 0 radical (unpaired) electrons. The molecule has 4 nitrogen and oxygen atoms in total. The summed E-state index contributed by atoms with van der Waals surface area (Å²) in [6, 6.07) is 1.94. The summed E-state index contributed by atoms with van der Waals surface area (Å²) in [5.41, 5.74) is 4.80. The monoisotopic (exact) mass is 359 g/mol. The molecular formula is C13H18Cl2F3N3O. The molecule has 126 valence electrons. The lowest BCUT2D eigenvalue weighted by molar-refractivity contribution is -0.137. The van der Waals surface area contributed by atoms with Crippen LogP contribution in [0.2, 0.25) is 0 Å². The highest BCUT2D eigenvalue weighted by Crippen LogP contribution is 2.28. The number of hydrogen-bond donors (Lipinski definition) is 1. The summed E-state index contributed by atoms with van der Waals surface area (Å²) in [7, 11) is 0. The largest absolute Gasteiger partial charge is 0.417 e. The molecule has 1 amide bonds. The van der Waals surface area contributed by atoms with E-state index in [-0.39, 0.29) is 42.5 Å². The highest BCUT2D eigenvalue weighted by atomic mass is 35.5. The number of rotatable bonds is 2. The SMILES string of the molecule is Cl.Cl.NCC1CCCCN1C(=O)c1ccc(C(F)(F)F)cn1. The number of hydrogen-bond acceptors (Lipinski definition) is 3. The van der Waals surface area contributed by atoms with Crippen LogP contribution in [0, 0.1) is 0 Å². The number of nitrogens with two attached hydrogens (primary N) is 1. The highest BCUT2D eigenvalue weighted by molar-refractivity contribution is 5.92. The summed E-state index contributed by atoms with van der Waals surface area (Å²) in [5, 5.41) is 0. The number of carbonyl (C=O) groups is 1. The second kappa shape index (κ2) is 8.55. The van der Waals surface area contributed by atoms with Gasteiger partial charge in [-0.05, 0) is 31.4 Å². The Balaban J connectivity index is 0.00000220. The topological polar surface area (TPSA) is 59.2 Å². The van der Waals surface area contributed by atoms with Crippen LogP contribution in [0.1, 0.15) is 35.3 Å². The fraction of sp³-hybridized carbons (Fsp3) is 0.538. The Bertz CT molecular complexity index is 482. The summed E-state index contributed by atoms with van der Waals surface area (Å²) >= 11 is 0. The normalized spacial score (nSPS) is 18.2. The van der Waals surface area contributed by atoms with Gasteiger partial charge in [0.1, 0.15) is 5.69 Å². The second-order valence-corrected chi connectivity index (χ2v) is 4.81. The van der Waals surface area contributed by atoms with Gasteiger partial charge in [0.15, 0.2) is 0 Å². The lowest BCUT2D eigenvalue weighted by Crippen LogP contribution is -2.47. The van der Waals surface area contributed by atoms with E-state index in [0.29, 0.717) is 19.3 Å². The molecule has 0 spiro atoms. The summed E-state index contributed by atoms with van der Waals surface area (Å²) in [4.78, 5) is 17.5. The number of amides is 1. The van der Waals surface area contributed by atoms with Gasteiger partial charge in [-0.25, -0.2) is 0 Å². The first-order valence-corrected chi connectivity index (χ1v) is 6.48. The fourth-order valence-corrected chi connectivity index (χ4v) is 2.35. The van der Waals surface area contributed by atoms with E-state index in [1.165, 1.54) is 0 Å². The second-order valence-electron chi connectivity index (χ2n) is 4.81. The van der Waals surface area contributed by atoms with E-state index in [1.807, 2.05) is 0 Å². The molecule has 0 aliphatic carbocycles. The molecule has 0 saturated carbocycles. The van der Waals surface area contributed by atoms with E-state index in [9.17, 15) is 18.0 Å². The standard InChI is InChI=1S/C13H16F3N3O.2ClH/c14-13(15,16)9-4-5-11(18-8-9)12(20)19-6-2-1-3-10(19)7-17;;/h4-5,8,10H,1-3,6-7,17H2;2*1H. The van der Waals surface area contributed by atoms with Gasteiger partial charge in [-0.15, -0.1) is 24.8 Å². The zero-order valence-electron chi connectivity index (χ0n) is 11.7. The third-order valence-corrected chi connectivity index (χ3v) is 3.47. The molecule has 0 bridgehead atoms. The average Bonchev–Trinajstić information content (AvgIpc) is 2.45. The smallest absolute Gasteiger partial charge is 0.333 e. The first kappa shape index (κ1) is 20.9. The number of alkyl halides is 3. The molecule has 2 N–H and O–H groups in total. The van der Waals surface area contributed by atoms with Gasteiger partial charge in [-0.1, -0.05) is 0 Å². The van der Waals surface area contributed by atoms with Crippen molar-refractivity contribution in [3.05, 3.63) is 29.6 Å². The molecule has 1 aliphatic heterocycles. The molecule has 0 aromatic carbocycles. The van der Waals surface area contributed by atoms with Gasteiger partial charge < -0.3 is 10.6 Å². The van der Waals surface area contributed by atoms with Crippen LogP contribution in [-0.4, -0.2) is 34.9 Å². The van der Waals surface area contributed by atoms with Gasteiger partial charge in [0, 0.05) is 25.3 Å². The number of carbonyl (C=O) groups excluding carboxylic acids is 1. The number of nitrogens with zero attached hydrogens (tertiary/aromatic N) is 2. The molecule has 2 rings (SSSR count). The molecule has 1 fully saturated rings. The van der Waals surface area contributed by atoms with Crippen molar-refractivity contribution in [2.45, 2.75) is 31.5 Å². The quantitative estimate of drug-likeness (QED) is 0.882. The molecule has 2 heterocycles. The van der Waals surface area contributed by atoms with Crippen molar-refractivity contribution in [1.82, 2.24) is 9.88 Å². The summed E-state index contributed by atoms with van der Waals surface area (Å²) < 4.78 is 37.3. The predicted octanol–water partition coefficient (Wildman–Crippen LogP) is 2.90. The molecule has 1 unspecified atom stereocenters. The molecular weight excluding hydrogens is 342 g/mol. The van der Waals surface area contributed by atoms with Gasteiger partial charge in [0.05, 0.1) is 5.56 Å². The van der Waals surface area contributed by atoms with Gasteiger partial charge in [0.25, 0.3) is 5.91 Å². The average molecular weight is 360 g/mol. The van der Waals surface area contributed by atoms with Gasteiger partial charge in [-0.2, -0.15) is 13.2 Å². The lowest BCUT2D eigenvalue weighted by Gasteiger charge is -2.34. The minimum Gasteiger partial charge on any atom is -0.333 e. The van der Waals surface area contributed by atoms with Crippen molar-refractivity contribution in [3.8, 4) is 0 Å². The van der Waals surface area contributed by atoms with Gasteiger partial charge in [0.2, 0.25) is 0 Å².